The summed E-state index contributed by atoms with van der Waals surface area (Å²) in [6.45, 7) is 1.98. The maximum absolute atomic E-state index is 11.9. The molecule has 0 fully saturated rings. The first-order valence-corrected chi connectivity index (χ1v) is 7.23. The molecule has 19 heavy (non-hydrogen) atoms. The van der Waals surface area contributed by atoms with Gasteiger partial charge in [-0.1, -0.05) is 17.4 Å². The van der Waals surface area contributed by atoms with Gasteiger partial charge in [-0.25, -0.2) is 0 Å². The Bertz CT molecular complexity index is 654. The Labute approximate surface area is 126 Å². The summed E-state index contributed by atoms with van der Waals surface area (Å²) in [4.78, 5) is 22.0. The summed E-state index contributed by atoms with van der Waals surface area (Å²) >= 11 is 3.13. The van der Waals surface area contributed by atoms with Gasteiger partial charge in [0.25, 0.3) is 5.91 Å². The number of nitrogens with one attached hydrogen (secondary N) is 1. The van der Waals surface area contributed by atoms with Gasteiger partial charge in [-0.2, -0.15) is 0 Å². The smallest absolute Gasteiger partial charge is 0.322 e. The monoisotopic (exact) mass is 388 g/mol. The molecule has 1 amide bonds. The molecule has 0 unspecified atom stereocenters. The minimum Gasteiger partial charge on any atom is -0.322 e. The number of thiophene rings is 1. The van der Waals surface area contributed by atoms with E-state index in [1.54, 1.807) is 6.07 Å². The number of anilines is 1. The molecule has 0 saturated carbocycles. The van der Waals surface area contributed by atoms with Crippen LogP contribution in [-0.4, -0.2) is 10.8 Å². The second-order valence-corrected chi connectivity index (χ2v) is 5.90. The number of amides is 1. The van der Waals surface area contributed by atoms with Crippen molar-refractivity contribution in [3.8, 4) is 0 Å². The molecule has 0 aliphatic rings. The van der Waals surface area contributed by atoms with Gasteiger partial charge in [0.1, 0.15) is 0 Å². The maximum Gasteiger partial charge on any atom is 0.324 e. The van der Waals surface area contributed by atoms with E-state index in [-0.39, 0.29) is 10.9 Å². The third-order valence-electron chi connectivity index (χ3n) is 2.46. The number of rotatable bonds is 3. The topological polar surface area (TPSA) is 72.2 Å². The Morgan fingerprint density at radius 1 is 1.42 bits per heavy atom. The van der Waals surface area contributed by atoms with Crippen LogP contribution in [0.2, 0.25) is 0 Å². The SMILES string of the molecule is Cc1ccc(NC(=O)c2csc([N+](=O)[O-])c2)cc1I. The lowest BCUT2D eigenvalue weighted by molar-refractivity contribution is -0.380. The number of carbonyl (C=O) groups excluding carboxylic acids is 1. The standard InChI is InChI=1S/C12H9IN2O3S/c1-7-2-3-9(5-10(7)13)14-12(16)8-4-11(15(17)18)19-6-8/h2-6H,1H3,(H,14,16). The zero-order chi connectivity index (χ0) is 14.0. The molecule has 7 heteroatoms. The molecule has 5 nitrogen and oxygen atoms in total. The Morgan fingerprint density at radius 2 is 2.16 bits per heavy atom. The van der Waals surface area contributed by atoms with E-state index in [1.165, 1.54) is 11.4 Å². The lowest BCUT2D eigenvalue weighted by Gasteiger charge is -2.05. The van der Waals surface area contributed by atoms with Crippen LogP contribution < -0.4 is 5.32 Å². The zero-order valence-electron chi connectivity index (χ0n) is 9.84. The van der Waals surface area contributed by atoms with Crippen molar-refractivity contribution < 1.29 is 9.72 Å². The van der Waals surface area contributed by atoms with E-state index in [2.05, 4.69) is 27.9 Å². The van der Waals surface area contributed by atoms with Crippen molar-refractivity contribution in [3.05, 3.63) is 54.5 Å². The van der Waals surface area contributed by atoms with Gasteiger partial charge in [-0.05, 0) is 47.2 Å². The normalized spacial score (nSPS) is 10.2. The van der Waals surface area contributed by atoms with Crippen LogP contribution in [0.3, 0.4) is 0 Å². The highest BCUT2D eigenvalue weighted by Gasteiger charge is 2.15. The minimum absolute atomic E-state index is 0.0383. The highest BCUT2D eigenvalue weighted by molar-refractivity contribution is 14.1. The van der Waals surface area contributed by atoms with Crippen LogP contribution in [0.5, 0.6) is 0 Å². The van der Waals surface area contributed by atoms with E-state index in [1.807, 2.05) is 19.1 Å². The van der Waals surface area contributed by atoms with Gasteiger partial charge in [-0.15, -0.1) is 0 Å². The highest BCUT2D eigenvalue weighted by Crippen LogP contribution is 2.24. The molecule has 0 bridgehead atoms. The number of nitrogens with zero attached hydrogens (tertiary/aromatic N) is 1. The number of hydrogen-bond acceptors (Lipinski definition) is 4. The molecular weight excluding hydrogens is 379 g/mol. The number of nitro groups is 1. The molecule has 0 radical (unpaired) electrons. The predicted octanol–water partition coefficient (Wildman–Crippen LogP) is 3.82. The van der Waals surface area contributed by atoms with Crippen LogP contribution in [-0.2, 0) is 0 Å². The van der Waals surface area contributed by atoms with Gasteiger partial charge in [0.15, 0.2) is 0 Å². The van der Waals surface area contributed by atoms with E-state index in [9.17, 15) is 14.9 Å². The minimum atomic E-state index is -0.504. The van der Waals surface area contributed by atoms with E-state index in [0.717, 1.165) is 20.5 Å². The largest absolute Gasteiger partial charge is 0.324 e. The molecule has 0 aliphatic heterocycles. The summed E-state index contributed by atoms with van der Waals surface area (Å²) in [5.41, 5.74) is 2.10. The van der Waals surface area contributed by atoms with E-state index >= 15 is 0 Å². The van der Waals surface area contributed by atoms with Gasteiger partial charge in [0.05, 0.1) is 10.5 Å². The van der Waals surface area contributed by atoms with Gasteiger partial charge in [0.2, 0.25) is 0 Å². The highest BCUT2D eigenvalue weighted by atomic mass is 127. The molecule has 1 aromatic heterocycles. The average Bonchev–Trinajstić information content (AvgIpc) is 2.83. The fourth-order valence-electron chi connectivity index (χ4n) is 1.41. The number of carbonyl (C=O) groups is 1. The quantitative estimate of drug-likeness (QED) is 0.494. The lowest BCUT2D eigenvalue weighted by atomic mass is 10.2. The van der Waals surface area contributed by atoms with Crippen molar-refractivity contribution >= 4 is 50.5 Å². The van der Waals surface area contributed by atoms with Crippen LogP contribution in [0.15, 0.2) is 29.6 Å². The first-order valence-electron chi connectivity index (χ1n) is 5.28. The van der Waals surface area contributed by atoms with Crippen LogP contribution in [0.4, 0.5) is 10.7 Å². The fraction of sp³-hybridized carbons (Fsp3) is 0.0833. The van der Waals surface area contributed by atoms with Gasteiger partial charge >= 0.3 is 5.00 Å². The van der Waals surface area contributed by atoms with Crippen LogP contribution >= 0.6 is 33.9 Å². The molecule has 0 spiro atoms. The fourth-order valence-corrected chi connectivity index (χ4v) is 2.63. The summed E-state index contributed by atoms with van der Waals surface area (Å²) < 4.78 is 1.05. The van der Waals surface area contributed by atoms with Crippen molar-refractivity contribution in [1.29, 1.82) is 0 Å². The maximum atomic E-state index is 11.9. The van der Waals surface area contributed by atoms with Crippen molar-refractivity contribution in [2.24, 2.45) is 0 Å². The van der Waals surface area contributed by atoms with E-state index in [4.69, 9.17) is 0 Å². The van der Waals surface area contributed by atoms with Gasteiger partial charge in [0, 0.05) is 20.7 Å². The number of benzene rings is 1. The molecule has 98 valence electrons. The van der Waals surface area contributed by atoms with E-state index in [0.29, 0.717) is 11.3 Å². The molecule has 2 rings (SSSR count). The van der Waals surface area contributed by atoms with Gasteiger partial charge < -0.3 is 5.32 Å². The Kier molecular flexibility index (Phi) is 4.15. The molecular formula is C12H9IN2O3S. The van der Waals surface area contributed by atoms with Crippen LogP contribution in [0.25, 0.3) is 0 Å². The first-order chi connectivity index (χ1) is 8.97. The van der Waals surface area contributed by atoms with Crippen molar-refractivity contribution in [3.63, 3.8) is 0 Å². The van der Waals surface area contributed by atoms with Crippen LogP contribution in [0, 0.1) is 20.6 Å². The Hall–Kier alpha value is -1.48. The summed E-state index contributed by atoms with van der Waals surface area (Å²) in [6, 6.07) is 6.84. The first kappa shape index (κ1) is 13.9. The number of aryl methyl sites for hydroxylation is 1. The van der Waals surface area contributed by atoms with Gasteiger partial charge in [-0.3, -0.25) is 14.9 Å². The molecule has 0 atom stereocenters. The second kappa shape index (κ2) is 5.66. The number of halogens is 1. The van der Waals surface area contributed by atoms with E-state index < -0.39 is 4.92 Å². The molecule has 1 N–H and O–H groups in total. The Morgan fingerprint density at radius 3 is 2.74 bits per heavy atom. The number of hydrogen-bond donors (Lipinski definition) is 1. The molecule has 1 aromatic carbocycles. The van der Waals surface area contributed by atoms with Crippen LogP contribution in [0.1, 0.15) is 15.9 Å². The second-order valence-electron chi connectivity index (χ2n) is 3.85. The molecule has 1 heterocycles. The third-order valence-corrected chi connectivity index (χ3v) is 4.50. The summed E-state index contributed by atoms with van der Waals surface area (Å²) in [5.74, 6) is -0.344. The molecule has 2 aromatic rings. The summed E-state index contributed by atoms with van der Waals surface area (Å²) in [7, 11) is 0. The summed E-state index contributed by atoms with van der Waals surface area (Å²) in [5, 5.41) is 14.7. The van der Waals surface area contributed by atoms with Crippen molar-refractivity contribution in [1.82, 2.24) is 0 Å². The molecule has 0 aliphatic carbocycles. The lowest BCUT2D eigenvalue weighted by Crippen LogP contribution is -2.11. The average molecular weight is 388 g/mol. The molecule has 0 saturated heterocycles. The third kappa shape index (κ3) is 3.29. The van der Waals surface area contributed by atoms with Crippen molar-refractivity contribution in [2.75, 3.05) is 5.32 Å². The predicted molar refractivity (Wildman–Crippen MR) is 82.8 cm³/mol. The zero-order valence-corrected chi connectivity index (χ0v) is 12.8. The Balaban J connectivity index is 2.15. The van der Waals surface area contributed by atoms with Crippen molar-refractivity contribution in [2.45, 2.75) is 6.92 Å². The summed E-state index contributed by atoms with van der Waals surface area (Å²) in [6.07, 6.45) is 0.